The van der Waals surface area contributed by atoms with E-state index in [0.29, 0.717) is 23.9 Å². The lowest BCUT2D eigenvalue weighted by Gasteiger charge is -2.23. The van der Waals surface area contributed by atoms with Gasteiger partial charge in [0.1, 0.15) is 11.6 Å². The van der Waals surface area contributed by atoms with Crippen LogP contribution in [0.25, 0.3) is 17.0 Å². The van der Waals surface area contributed by atoms with E-state index in [1.807, 2.05) is 0 Å². The van der Waals surface area contributed by atoms with Crippen LogP contribution in [0.5, 0.6) is 0 Å². The van der Waals surface area contributed by atoms with E-state index in [2.05, 4.69) is 25.7 Å². The molecule has 3 aromatic rings. The lowest BCUT2D eigenvalue weighted by atomic mass is 9.98. The zero-order valence-corrected chi connectivity index (χ0v) is 14.6. The molecule has 136 valence electrons. The highest BCUT2D eigenvalue weighted by atomic mass is 35.5. The molecule has 0 unspecified atom stereocenters. The van der Waals surface area contributed by atoms with E-state index in [-0.39, 0.29) is 16.5 Å². The van der Waals surface area contributed by atoms with Crippen LogP contribution in [0, 0.1) is 17.6 Å². The lowest BCUT2D eigenvalue weighted by molar-refractivity contribution is 0.389. The highest BCUT2D eigenvalue weighted by molar-refractivity contribution is 6.29. The molecule has 1 aromatic carbocycles. The lowest BCUT2D eigenvalue weighted by Crippen LogP contribution is -2.31. The Morgan fingerprint density at radius 3 is 2.69 bits per heavy atom. The van der Waals surface area contributed by atoms with Crippen LogP contribution in [-0.4, -0.2) is 39.2 Å². The van der Waals surface area contributed by atoms with Crippen molar-refractivity contribution in [1.29, 1.82) is 0 Å². The van der Waals surface area contributed by atoms with Crippen molar-refractivity contribution in [2.24, 2.45) is 5.92 Å². The van der Waals surface area contributed by atoms with E-state index in [0.717, 1.165) is 25.9 Å². The van der Waals surface area contributed by atoms with Crippen molar-refractivity contribution in [2.45, 2.75) is 12.8 Å². The third kappa shape index (κ3) is 3.22. The zero-order chi connectivity index (χ0) is 18.1. The van der Waals surface area contributed by atoms with E-state index in [1.54, 1.807) is 0 Å². The monoisotopic (exact) mass is 378 g/mol. The van der Waals surface area contributed by atoms with Crippen LogP contribution in [0.2, 0.25) is 5.15 Å². The molecular weight excluding hydrogens is 362 g/mol. The Kier molecular flexibility index (Phi) is 4.69. The molecular formula is C17H17ClF2N6. The molecule has 9 heteroatoms. The third-order valence-electron chi connectivity index (χ3n) is 4.52. The molecule has 6 nitrogen and oxygen atoms in total. The summed E-state index contributed by atoms with van der Waals surface area (Å²) in [5.41, 5.74) is 0.133. The number of hydrogen-bond acceptors (Lipinski definition) is 5. The SMILES string of the molecule is Fc1cccc(F)c1-c1nc(NCC2CCNCC2)c2ncc(Cl)n2n1. The van der Waals surface area contributed by atoms with Gasteiger partial charge in [-0.1, -0.05) is 17.7 Å². The van der Waals surface area contributed by atoms with Gasteiger partial charge in [0, 0.05) is 6.54 Å². The number of piperidine rings is 1. The number of nitrogens with zero attached hydrogens (tertiary/aromatic N) is 4. The molecule has 4 rings (SSSR count). The van der Waals surface area contributed by atoms with Crippen LogP contribution in [0.1, 0.15) is 12.8 Å². The second-order valence-corrected chi connectivity index (χ2v) is 6.66. The Morgan fingerprint density at radius 2 is 1.96 bits per heavy atom. The predicted octanol–water partition coefficient (Wildman–Crippen LogP) is 3.13. The van der Waals surface area contributed by atoms with Gasteiger partial charge in [-0.15, -0.1) is 5.10 Å². The van der Waals surface area contributed by atoms with Gasteiger partial charge in [-0.2, -0.15) is 4.52 Å². The molecule has 3 heterocycles. The van der Waals surface area contributed by atoms with E-state index >= 15 is 0 Å². The van der Waals surface area contributed by atoms with Crippen molar-refractivity contribution in [1.82, 2.24) is 24.9 Å². The number of anilines is 1. The number of fused-ring (bicyclic) bond motifs is 1. The van der Waals surface area contributed by atoms with Crippen LogP contribution in [0.15, 0.2) is 24.4 Å². The fourth-order valence-corrected chi connectivity index (χ4v) is 3.28. The number of aromatic nitrogens is 4. The predicted molar refractivity (Wildman–Crippen MR) is 95.2 cm³/mol. The second-order valence-electron chi connectivity index (χ2n) is 6.27. The summed E-state index contributed by atoms with van der Waals surface area (Å²) in [7, 11) is 0. The van der Waals surface area contributed by atoms with E-state index < -0.39 is 11.6 Å². The number of nitrogens with one attached hydrogen (secondary N) is 2. The molecule has 0 saturated carbocycles. The highest BCUT2D eigenvalue weighted by Crippen LogP contribution is 2.26. The Labute approximate surface area is 153 Å². The fraction of sp³-hybridized carbons (Fsp3) is 0.353. The molecule has 1 aliphatic rings. The number of imidazole rings is 1. The van der Waals surface area contributed by atoms with Gasteiger partial charge in [-0.05, 0) is 44.0 Å². The maximum Gasteiger partial charge on any atom is 0.198 e. The van der Waals surface area contributed by atoms with Crippen LogP contribution >= 0.6 is 11.6 Å². The molecule has 1 saturated heterocycles. The van der Waals surface area contributed by atoms with Gasteiger partial charge in [0.15, 0.2) is 22.4 Å². The molecule has 2 N–H and O–H groups in total. The van der Waals surface area contributed by atoms with Crippen molar-refractivity contribution in [2.75, 3.05) is 25.0 Å². The minimum atomic E-state index is -0.732. The molecule has 0 radical (unpaired) electrons. The molecule has 0 amide bonds. The van der Waals surface area contributed by atoms with Crippen LogP contribution in [-0.2, 0) is 0 Å². The summed E-state index contributed by atoms with van der Waals surface area (Å²) in [5, 5.41) is 11.0. The normalized spacial score (nSPS) is 15.5. The van der Waals surface area contributed by atoms with Crippen LogP contribution in [0.4, 0.5) is 14.6 Å². The van der Waals surface area contributed by atoms with Gasteiger partial charge >= 0.3 is 0 Å². The summed E-state index contributed by atoms with van der Waals surface area (Å²) in [4.78, 5) is 8.54. The maximum atomic E-state index is 14.2. The summed E-state index contributed by atoms with van der Waals surface area (Å²) in [5.74, 6) is -0.649. The third-order valence-corrected chi connectivity index (χ3v) is 4.78. The van der Waals surface area contributed by atoms with Crippen molar-refractivity contribution >= 4 is 23.1 Å². The zero-order valence-electron chi connectivity index (χ0n) is 13.8. The van der Waals surface area contributed by atoms with Crippen molar-refractivity contribution in [3.05, 3.63) is 41.2 Å². The first-order valence-electron chi connectivity index (χ1n) is 8.43. The average Bonchev–Trinajstić information content (AvgIpc) is 3.02. The molecule has 1 aliphatic heterocycles. The first-order valence-corrected chi connectivity index (χ1v) is 8.81. The van der Waals surface area contributed by atoms with E-state index in [4.69, 9.17) is 11.6 Å². The van der Waals surface area contributed by atoms with Gasteiger partial charge < -0.3 is 10.6 Å². The molecule has 2 aromatic heterocycles. The highest BCUT2D eigenvalue weighted by Gasteiger charge is 2.20. The average molecular weight is 379 g/mol. The first-order chi connectivity index (χ1) is 12.6. The Morgan fingerprint density at radius 1 is 1.23 bits per heavy atom. The fourth-order valence-electron chi connectivity index (χ4n) is 3.12. The smallest absolute Gasteiger partial charge is 0.198 e. The molecule has 0 aliphatic carbocycles. The number of hydrogen-bond donors (Lipinski definition) is 2. The number of benzene rings is 1. The molecule has 0 spiro atoms. The Balaban J connectivity index is 1.74. The summed E-state index contributed by atoms with van der Waals surface area (Å²) in [6, 6.07) is 3.64. The molecule has 0 bridgehead atoms. The van der Waals surface area contributed by atoms with Gasteiger partial charge in [0.25, 0.3) is 0 Å². The van der Waals surface area contributed by atoms with Gasteiger partial charge in [0.2, 0.25) is 0 Å². The van der Waals surface area contributed by atoms with Crippen molar-refractivity contribution in [3.8, 4) is 11.4 Å². The van der Waals surface area contributed by atoms with Crippen molar-refractivity contribution in [3.63, 3.8) is 0 Å². The quantitative estimate of drug-likeness (QED) is 0.730. The van der Waals surface area contributed by atoms with Gasteiger partial charge in [0.05, 0.1) is 11.8 Å². The van der Waals surface area contributed by atoms with Crippen molar-refractivity contribution < 1.29 is 8.78 Å². The molecule has 1 fully saturated rings. The Hall–Kier alpha value is -2.32. The van der Waals surface area contributed by atoms with E-state index in [9.17, 15) is 8.78 Å². The van der Waals surface area contributed by atoms with Gasteiger partial charge in [-0.3, -0.25) is 0 Å². The summed E-state index contributed by atoms with van der Waals surface area (Å²) < 4.78 is 29.7. The number of halogens is 3. The molecule has 26 heavy (non-hydrogen) atoms. The summed E-state index contributed by atoms with van der Waals surface area (Å²) >= 11 is 6.12. The van der Waals surface area contributed by atoms with Gasteiger partial charge in [-0.25, -0.2) is 18.7 Å². The summed E-state index contributed by atoms with van der Waals surface area (Å²) in [6.07, 6.45) is 3.54. The minimum Gasteiger partial charge on any atom is -0.367 e. The Bertz CT molecular complexity index is 918. The van der Waals surface area contributed by atoms with Crippen LogP contribution < -0.4 is 10.6 Å². The minimum absolute atomic E-state index is 0.0826. The second kappa shape index (κ2) is 7.13. The van der Waals surface area contributed by atoms with Crippen LogP contribution in [0.3, 0.4) is 0 Å². The largest absolute Gasteiger partial charge is 0.367 e. The first kappa shape index (κ1) is 17.1. The van der Waals surface area contributed by atoms with E-state index in [1.165, 1.54) is 28.9 Å². The maximum absolute atomic E-state index is 14.2. The standard InChI is InChI=1S/C17H17ClF2N6/c18-13-9-23-17-16(22-8-10-4-6-21-7-5-10)24-15(25-26(13)17)14-11(19)2-1-3-12(14)20/h1-3,9-10,21H,4-8H2,(H,22,24,25). The molecule has 0 atom stereocenters. The topological polar surface area (TPSA) is 67.1 Å². The summed E-state index contributed by atoms with van der Waals surface area (Å²) in [6.45, 7) is 2.65. The number of rotatable bonds is 4.